The van der Waals surface area contributed by atoms with Crippen molar-refractivity contribution in [1.82, 2.24) is 0 Å². The first-order valence-electron chi connectivity index (χ1n) is 13.3. The molecule has 0 aromatic rings. The van der Waals surface area contributed by atoms with Gasteiger partial charge in [0.05, 0.1) is 12.2 Å². The van der Waals surface area contributed by atoms with Gasteiger partial charge in [0.1, 0.15) is 6.61 Å². The molecule has 6 aliphatic rings. The molecule has 5 aliphatic carbocycles. The van der Waals surface area contributed by atoms with Crippen molar-refractivity contribution < 1.29 is 29.3 Å². The Labute approximate surface area is 201 Å². The number of Topliss-reactive ketones (excluding diaryl/α,β-unsaturated/α-hetero) is 1. The highest BCUT2D eigenvalue weighted by atomic mass is 16.7. The summed E-state index contributed by atoms with van der Waals surface area (Å²) in [5, 5.41) is 21.7. The van der Waals surface area contributed by atoms with Crippen LogP contribution in [0.1, 0.15) is 71.6 Å². The summed E-state index contributed by atoms with van der Waals surface area (Å²) in [7, 11) is 0. The molecule has 186 valence electrons. The molecule has 1 heterocycles. The molecule has 6 heteroatoms. The standard InChI is InChI=1S/C28H38O6/c1-26-11-10-18(30)12-17(26)8-9-19-20-13-23-28(22(32)15-29,27(20,2)14-21(31)24(19)26)34-25(33-23)16-6-4-3-5-7-16/h10-12,16,19-21,23-25,29,31H,3-9,13-15H2,1-2H3/t19?,20?,21?,23-,24?,25-,26?,27?,28-/m1/s1. The fourth-order valence-corrected chi connectivity index (χ4v) is 9.33. The highest BCUT2D eigenvalue weighted by molar-refractivity contribution is 6.01. The third kappa shape index (κ3) is 2.89. The number of ketones is 2. The molecule has 0 aromatic heterocycles. The van der Waals surface area contributed by atoms with Crippen LogP contribution in [0.4, 0.5) is 0 Å². The van der Waals surface area contributed by atoms with E-state index in [1.165, 1.54) is 6.42 Å². The van der Waals surface area contributed by atoms with Gasteiger partial charge in [-0.1, -0.05) is 44.8 Å². The number of aliphatic hydroxyl groups is 2. The van der Waals surface area contributed by atoms with Gasteiger partial charge < -0.3 is 19.7 Å². The second kappa shape index (κ2) is 7.83. The maximum atomic E-state index is 13.5. The van der Waals surface area contributed by atoms with Crippen molar-refractivity contribution in [2.45, 2.75) is 95.7 Å². The van der Waals surface area contributed by atoms with E-state index < -0.39 is 30.0 Å². The van der Waals surface area contributed by atoms with E-state index in [-0.39, 0.29) is 46.8 Å². The van der Waals surface area contributed by atoms with Crippen molar-refractivity contribution in [3.63, 3.8) is 0 Å². The van der Waals surface area contributed by atoms with Gasteiger partial charge in [-0.15, -0.1) is 0 Å². The third-order valence-corrected chi connectivity index (χ3v) is 10.8. The minimum atomic E-state index is -1.20. The van der Waals surface area contributed by atoms with E-state index >= 15 is 0 Å². The van der Waals surface area contributed by atoms with Crippen LogP contribution < -0.4 is 0 Å². The molecule has 1 aliphatic heterocycles. The Balaban J connectivity index is 1.37. The second-order valence-corrected chi connectivity index (χ2v) is 12.3. The second-order valence-electron chi connectivity index (χ2n) is 12.3. The number of ether oxygens (including phenoxy) is 2. The van der Waals surface area contributed by atoms with Gasteiger partial charge in [0, 0.05) is 22.7 Å². The third-order valence-electron chi connectivity index (χ3n) is 10.8. The molecule has 2 N–H and O–H groups in total. The lowest BCUT2D eigenvalue weighted by atomic mass is 9.46. The first-order chi connectivity index (χ1) is 16.2. The fourth-order valence-electron chi connectivity index (χ4n) is 9.33. The Morgan fingerprint density at radius 1 is 1.18 bits per heavy atom. The number of allylic oxidation sites excluding steroid dienone is 4. The predicted molar refractivity (Wildman–Crippen MR) is 125 cm³/mol. The summed E-state index contributed by atoms with van der Waals surface area (Å²) in [6, 6.07) is 0. The lowest BCUT2D eigenvalue weighted by molar-refractivity contribution is -0.209. The zero-order chi connectivity index (χ0) is 23.9. The highest BCUT2D eigenvalue weighted by Gasteiger charge is 2.76. The van der Waals surface area contributed by atoms with Gasteiger partial charge in [0.25, 0.3) is 0 Å². The summed E-state index contributed by atoms with van der Waals surface area (Å²) in [5.74, 6) is 0.360. The van der Waals surface area contributed by atoms with Crippen molar-refractivity contribution in [3.05, 3.63) is 23.8 Å². The normalized spacial score (nSPS) is 50.2. The van der Waals surface area contributed by atoms with Gasteiger partial charge in [0.15, 0.2) is 23.5 Å². The molecule has 6 nitrogen and oxygen atoms in total. The maximum absolute atomic E-state index is 13.5. The molecule has 0 radical (unpaired) electrons. The average molecular weight is 471 g/mol. The van der Waals surface area contributed by atoms with E-state index in [4.69, 9.17) is 9.47 Å². The molecule has 6 rings (SSSR count). The molecule has 0 amide bonds. The zero-order valence-corrected chi connectivity index (χ0v) is 20.4. The summed E-state index contributed by atoms with van der Waals surface area (Å²) in [4.78, 5) is 25.6. The van der Waals surface area contributed by atoms with E-state index in [0.717, 1.165) is 50.5 Å². The summed E-state index contributed by atoms with van der Waals surface area (Å²) in [5.41, 5.74) is -1.04. The Hall–Kier alpha value is -1.34. The number of carbonyl (C=O) groups is 2. The first kappa shape index (κ1) is 23.1. The van der Waals surface area contributed by atoms with E-state index in [1.807, 2.05) is 6.08 Å². The number of hydrogen-bond donors (Lipinski definition) is 2. The van der Waals surface area contributed by atoms with Crippen LogP contribution in [0.2, 0.25) is 0 Å². The number of fused-ring (bicyclic) bond motifs is 7. The average Bonchev–Trinajstić information content (AvgIpc) is 3.32. The molecular weight excluding hydrogens is 432 g/mol. The molecule has 0 spiro atoms. The number of carbonyl (C=O) groups excluding carboxylic acids is 2. The van der Waals surface area contributed by atoms with Gasteiger partial charge in [-0.05, 0) is 62.5 Å². The van der Waals surface area contributed by atoms with Crippen LogP contribution in [-0.2, 0) is 19.1 Å². The molecule has 5 fully saturated rings. The first-order valence-corrected chi connectivity index (χ1v) is 13.3. The number of hydrogen-bond acceptors (Lipinski definition) is 6. The summed E-state index contributed by atoms with van der Waals surface area (Å²) >= 11 is 0. The summed E-state index contributed by atoms with van der Waals surface area (Å²) in [6.07, 6.45) is 12.5. The van der Waals surface area contributed by atoms with Crippen LogP contribution in [0.25, 0.3) is 0 Å². The van der Waals surface area contributed by atoms with Crippen molar-refractivity contribution in [2.75, 3.05) is 6.61 Å². The summed E-state index contributed by atoms with van der Waals surface area (Å²) < 4.78 is 13.3. The lowest BCUT2D eigenvalue weighted by Crippen LogP contribution is -2.63. The topological polar surface area (TPSA) is 93.1 Å². The Kier molecular flexibility index (Phi) is 5.31. The molecule has 0 bridgehead atoms. The van der Waals surface area contributed by atoms with Gasteiger partial charge in [-0.3, -0.25) is 9.59 Å². The zero-order valence-electron chi connectivity index (χ0n) is 20.4. The van der Waals surface area contributed by atoms with E-state index in [2.05, 4.69) is 13.8 Å². The van der Waals surface area contributed by atoms with Gasteiger partial charge >= 0.3 is 0 Å². The maximum Gasteiger partial charge on any atom is 0.193 e. The van der Waals surface area contributed by atoms with Gasteiger partial charge in [0.2, 0.25) is 0 Å². The van der Waals surface area contributed by atoms with E-state index in [9.17, 15) is 19.8 Å². The Morgan fingerprint density at radius 3 is 2.68 bits per heavy atom. The lowest BCUT2D eigenvalue weighted by Gasteiger charge is -2.59. The van der Waals surface area contributed by atoms with Crippen molar-refractivity contribution in [3.8, 4) is 0 Å². The molecule has 34 heavy (non-hydrogen) atoms. The highest BCUT2D eigenvalue weighted by Crippen LogP contribution is 2.70. The van der Waals surface area contributed by atoms with E-state index in [1.54, 1.807) is 12.2 Å². The molecule has 1 saturated heterocycles. The van der Waals surface area contributed by atoms with Crippen LogP contribution >= 0.6 is 0 Å². The summed E-state index contributed by atoms with van der Waals surface area (Å²) in [6.45, 7) is 3.69. The molecular formula is C28H38O6. The number of rotatable bonds is 3. The fraction of sp³-hybridized carbons (Fsp3) is 0.786. The SMILES string of the molecule is CC12C=CC(=O)C=C1CCC1C2C(O)CC2(C)C1C[C@H]1O[C@@H](C3CCCCC3)O[C@]12C(=O)CO. The minimum absolute atomic E-state index is 0.0100. The largest absolute Gasteiger partial charge is 0.393 e. The Bertz CT molecular complexity index is 949. The monoisotopic (exact) mass is 470 g/mol. The minimum Gasteiger partial charge on any atom is -0.393 e. The van der Waals surface area contributed by atoms with Crippen molar-refractivity contribution in [2.24, 2.45) is 34.5 Å². The van der Waals surface area contributed by atoms with Crippen LogP contribution in [-0.4, -0.2) is 52.5 Å². The van der Waals surface area contributed by atoms with Crippen LogP contribution in [0.15, 0.2) is 23.8 Å². The smallest absolute Gasteiger partial charge is 0.193 e. The quantitative estimate of drug-likeness (QED) is 0.656. The van der Waals surface area contributed by atoms with Crippen molar-refractivity contribution >= 4 is 11.6 Å². The van der Waals surface area contributed by atoms with E-state index in [0.29, 0.717) is 6.42 Å². The van der Waals surface area contributed by atoms with Crippen LogP contribution in [0, 0.1) is 34.5 Å². The molecule has 4 saturated carbocycles. The molecule has 9 atom stereocenters. The molecule has 6 unspecified atom stereocenters. The van der Waals surface area contributed by atoms with Crippen LogP contribution in [0.5, 0.6) is 0 Å². The van der Waals surface area contributed by atoms with Crippen LogP contribution in [0.3, 0.4) is 0 Å². The van der Waals surface area contributed by atoms with Gasteiger partial charge in [-0.25, -0.2) is 0 Å². The van der Waals surface area contributed by atoms with Gasteiger partial charge in [-0.2, -0.15) is 0 Å². The Morgan fingerprint density at radius 2 is 1.94 bits per heavy atom. The van der Waals surface area contributed by atoms with Crippen molar-refractivity contribution in [1.29, 1.82) is 0 Å². The molecule has 0 aromatic carbocycles. The predicted octanol–water partition coefficient (Wildman–Crippen LogP) is 3.50. The number of aliphatic hydroxyl groups excluding tert-OH is 2.